The standard InChI is InChI=1S/C21H22N2O4/c1-14(21(26)27)16-8-10-18(11-9-16)22-20(25)17-6-4-15(5-7-17)13-23-12-2-3-19(23)24/h4-11,14H,2-3,12-13H2,1H3,(H,22,25)(H,26,27). The molecule has 1 atom stereocenters. The number of carbonyl (C=O) groups is 3. The Hall–Kier alpha value is -3.15. The van der Waals surface area contributed by atoms with Crippen LogP contribution in [0, 0.1) is 0 Å². The molecule has 0 aliphatic carbocycles. The summed E-state index contributed by atoms with van der Waals surface area (Å²) in [5.41, 5.74) is 2.80. The lowest BCUT2D eigenvalue weighted by Crippen LogP contribution is -2.23. The fourth-order valence-corrected chi connectivity index (χ4v) is 3.05. The Morgan fingerprint density at radius 2 is 1.78 bits per heavy atom. The van der Waals surface area contributed by atoms with Gasteiger partial charge in [0.05, 0.1) is 5.92 Å². The maximum absolute atomic E-state index is 12.4. The summed E-state index contributed by atoms with van der Waals surface area (Å²) in [7, 11) is 0. The van der Waals surface area contributed by atoms with Gasteiger partial charge in [0, 0.05) is 30.8 Å². The van der Waals surface area contributed by atoms with E-state index >= 15 is 0 Å². The summed E-state index contributed by atoms with van der Waals surface area (Å²) in [5.74, 6) is -1.54. The van der Waals surface area contributed by atoms with Gasteiger partial charge >= 0.3 is 5.97 Å². The van der Waals surface area contributed by atoms with E-state index in [1.165, 1.54) is 0 Å². The fourth-order valence-electron chi connectivity index (χ4n) is 3.05. The minimum absolute atomic E-state index is 0.178. The van der Waals surface area contributed by atoms with Crippen molar-refractivity contribution in [1.29, 1.82) is 0 Å². The van der Waals surface area contributed by atoms with Crippen molar-refractivity contribution in [3.05, 3.63) is 65.2 Å². The third-order valence-corrected chi connectivity index (χ3v) is 4.80. The van der Waals surface area contributed by atoms with E-state index in [9.17, 15) is 14.4 Å². The number of anilines is 1. The predicted molar refractivity (Wildman–Crippen MR) is 102 cm³/mol. The third-order valence-electron chi connectivity index (χ3n) is 4.80. The summed E-state index contributed by atoms with van der Waals surface area (Å²) >= 11 is 0. The summed E-state index contributed by atoms with van der Waals surface area (Å²) in [5, 5.41) is 11.8. The molecule has 140 valence electrons. The molecule has 2 aromatic rings. The first-order chi connectivity index (χ1) is 12.9. The minimum Gasteiger partial charge on any atom is -0.481 e. The number of hydrogen-bond acceptors (Lipinski definition) is 3. The van der Waals surface area contributed by atoms with E-state index in [0.29, 0.717) is 29.8 Å². The number of hydrogen-bond donors (Lipinski definition) is 2. The Bertz CT molecular complexity index is 843. The van der Waals surface area contributed by atoms with E-state index in [2.05, 4.69) is 5.32 Å². The first-order valence-electron chi connectivity index (χ1n) is 8.95. The number of carbonyl (C=O) groups excluding carboxylic acids is 2. The monoisotopic (exact) mass is 366 g/mol. The maximum atomic E-state index is 12.4. The van der Waals surface area contributed by atoms with Crippen molar-refractivity contribution in [2.45, 2.75) is 32.2 Å². The molecule has 2 aromatic carbocycles. The largest absolute Gasteiger partial charge is 0.481 e. The Balaban J connectivity index is 1.60. The summed E-state index contributed by atoms with van der Waals surface area (Å²) in [4.78, 5) is 36.9. The van der Waals surface area contributed by atoms with Gasteiger partial charge in [-0.1, -0.05) is 24.3 Å². The molecular weight excluding hydrogens is 344 g/mol. The second-order valence-corrected chi connectivity index (χ2v) is 6.75. The minimum atomic E-state index is -0.887. The van der Waals surface area contributed by atoms with Crippen LogP contribution in [0.1, 0.15) is 47.2 Å². The number of amides is 2. The van der Waals surface area contributed by atoms with Gasteiger partial charge in [-0.05, 0) is 48.7 Å². The van der Waals surface area contributed by atoms with E-state index in [0.717, 1.165) is 18.5 Å². The first-order valence-corrected chi connectivity index (χ1v) is 8.95. The van der Waals surface area contributed by atoms with Crippen LogP contribution in [0.4, 0.5) is 5.69 Å². The molecule has 0 saturated carbocycles. The topological polar surface area (TPSA) is 86.7 Å². The van der Waals surface area contributed by atoms with Crippen molar-refractivity contribution in [2.24, 2.45) is 0 Å². The van der Waals surface area contributed by atoms with Gasteiger partial charge in [0.2, 0.25) is 5.91 Å². The van der Waals surface area contributed by atoms with E-state index in [1.807, 2.05) is 17.0 Å². The summed E-state index contributed by atoms with van der Waals surface area (Å²) in [6, 6.07) is 14.0. The second kappa shape index (κ2) is 8.03. The van der Waals surface area contributed by atoms with Crippen molar-refractivity contribution >= 4 is 23.5 Å². The molecule has 2 amide bonds. The number of rotatable bonds is 6. The van der Waals surface area contributed by atoms with Gasteiger partial charge in [-0.3, -0.25) is 14.4 Å². The predicted octanol–water partition coefficient (Wildman–Crippen LogP) is 3.25. The molecule has 6 nitrogen and oxygen atoms in total. The van der Waals surface area contributed by atoms with Crippen molar-refractivity contribution in [2.75, 3.05) is 11.9 Å². The Kier molecular flexibility index (Phi) is 5.54. The van der Waals surface area contributed by atoms with Crippen LogP contribution in [-0.4, -0.2) is 34.3 Å². The lowest BCUT2D eigenvalue weighted by atomic mass is 10.0. The molecule has 27 heavy (non-hydrogen) atoms. The van der Waals surface area contributed by atoms with Crippen LogP contribution in [0.15, 0.2) is 48.5 Å². The normalized spacial score (nSPS) is 14.9. The molecule has 1 saturated heterocycles. The number of carboxylic acids is 1. The maximum Gasteiger partial charge on any atom is 0.310 e. The molecule has 1 unspecified atom stereocenters. The molecule has 1 fully saturated rings. The summed E-state index contributed by atoms with van der Waals surface area (Å²) in [6.07, 6.45) is 1.52. The molecule has 1 aliphatic rings. The van der Waals surface area contributed by atoms with Gasteiger partial charge in [-0.25, -0.2) is 0 Å². The molecule has 0 spiro atoms. The summed E-state index contributed by atoms with van der Waals surface area (Å²) in [6.45, 7) is 2.98. The molecule has 0 bridgehead atoms. The smallest absolute Gasteiger partial charge is 0.310 e. The Labute approximate surface area is 157 Å². The van der Waals surface area contributed by atoms with Crippen LogP contribution in [0.2, 0.25) is 0 Å². The van der Waals surface area contributed by atoms with Gasteiger partial charge in [0.1, 0.15) is 0 Å². The zero-order valence-electron chi connectivity index (χ0n) is 15.1. The lowest BCUT2D eigenvalue weighted by Gasteiger charge is -2.15. The van der Waals surface area contributed by atoms with Crippen molar-refractivity contribution in [1.82, 2.24) is 4.90 Å². The number of nitrogens with zero attached hydrogens (tertiary/aromatic N) is 1. The zero-order chi connectivity index (χ0) is 19.4. The van der Waals surface area contributed by atoms with Crippen LogP contribution >= 0.6 is 0 Å². The van der Waals surface area contributed by atoms with Gasteiger partial charge in [0.15, 0.2) is 0 Å². The van der Waals surface area contributed by atoms with Crippen molar-refractivity contribution < 1.29 is 19.5 Å². The highest BCUT2D eigenvalue weighted by Gasteiger charge is 2.20. The molecule has 0 radical (unpaired) electrons. The third kappa shape index (κ3) is 4.53. The van der Waals surface area contributed by atoms with E-state index in [4.69, 9.17) is 5.11 Å². The number of likely N-dealkylation sites (tertiary alicyclic amines) is 1. The average molecular weight is 366 g/mol. The molecule has 0 aromatic heterocycles. The van der Waals surface area contributed by atoms with Crippen LogP contribution in [0.5, 0.6) is 0 Å². The number of benzene rings is 2. The van der Waals surface area contributed by atoms with Crippen LogP contribution in [0.3, 0.4) is 0 Å². The molecule has 1 aliphatic heterocycles. The first kappa shape index (κ1) is 18.6. The Morgan fingerprint density at radius 3 is 2.33 bits per heavy atom. The SMILES string of the molecule is CC(C(=O)O)c1ccc(NC(=O)c2ccc(CN3CCCC3=O)cc2)cc1. The number of aliphatic carboxylic acids is 1. The van der Waals surface area contributed by atoms with E-state index in [-0.39, 0.29) is 11.8 Å². The summed E-state index contributed by atoms with van der Waals surface area (Å²) < 4.78 is 0. The highest BCUT2D eigenvalue weighted by molar-refractivity contribution is 6.04. The van der Waals surface area contributed by atoms with Gasteiger partial charge < -0.3 is 15.3 Å². The van der Waals surface area contributed by atoms with Crippen LogP contribution in [0.25, 0.3) is 0 Å². The fraction of sp³-hybridized carbons (Fsp3) is 0.286. The van der Waals surface area contributed by atoms with Crippen LogP contribution in [-0.2, 0) is 16.1 Å². The second-order valence-electron chi connectivity index (χ2n) is 6.75. The van der Waals surface area contributed by atoms with Crippen LogP contribution < -0.4 is 5.32 Å². The van der Waals surface area contributed by atoms with E-state index < -0.39 is 11.9 Å². The highest BCUT2D eigenvalue weighted by Crippen LogP contribution is 2.19. The molecule has 6 heteroatoms. The van der Waals surface area contributed by atoms with Gasteiger partial charge in [0.25, 0.3) is 5.91 Å². The Morgan fingerprint density at radius 1 is 1.11 bits per heavy atom. The molecule has 1 heterocycles. The molecule has 3 rings (SSSR count). The lowest BCUT2D eigenvalue weighted by molar-refractivity contribution is -0.138. The number of carboxylic acid groups (broad SMARTS) is 1. The van der Waals surface area contributed by atoms with Gasteiger partial charge in [-0.2, -0.15) is 0 Å². The van der Waals surface area contributed by atoms with Crippen molar-refractivity contribution in [3.8, 4) is 0 Å². The quantitative estimate of drug-likeness (QED) is 0.822. The van der Waals surface area contributed by atoms with Crippen molar-refractivity contribution in [3.63, 3.8) is 0 Å². The number of nitrogens with one attached hydrogen (secondary N) is 1. The molecule has 2 N–H and O–H groups in total. The van der Waals surface area contributed by atoms with E-state index in [1.54, 1.807) is 43.3 Å². The van der Waals surface area contributed by atoms with Gasteiger partial charge in [-0.15, -0.1) is 0 Å². The average Bonchev–Trinajstić information content (AvgIpc) is 3.07. The highest BCUT2D eigenvalue weighted by atomic mass is 16.4. The zero-order valence-corrected chi connectivity index (χ0v) is 15.1. The molecular formula is C21H22N2O4.